The zero-order valence-corrected chi connectivity index (χ0v) is 6.11. The van der Waals surface area contributed by atoms with Gasteiger partial charge in [0.15, 0.2) is 23.5 Å². The molecule has 1 aromatic heterocycles. The minimum absolute atomic E-state index is 0.280. The zero-order chi connectivity index (χ0) is 7.97. The highest BCUT2D eigenvalue weighted by Crippen LogP contribution is 2.35. The lowest BCUT2D eigenvalue weighted by Crippen LogP contribution is -1.92. The molecule has 2 heterocycles. The van der Waals surface area contributed by atoms with E-state index >= 15 is 0 Å². The topological polar surface area (TPSA) is 44.5 Å². The van der Waals surface area contributed by atoms with Crippen molar-refractivity contribution in [3.8, 4) is 11.5 Å². The number of aromatic nitrogens is 1. The fourth-order valence-electron chi connectivity index (χ4n) is 1.25. The van der Waals surface area contributed by atoms with E-state index in [0.717, 1.165) is 22.6 Å². The van der Waals surface area contributed by atoms with Gasteiger partial charge in [0.1, 0.15) is 5.52 Å². The highest BCUT2D eigenvalue weighted by Gasteiger charge is 2.15. The summed E-state index contributed by atoms with van der Waals surface area (Å²) in [4.78, 5) is 3.99. The fourth-order valence-corrected chi connectivity index (χ4v) is 1.25. The van der Waals surface area contributed by atoms with Gasteiger partial charge in [-0.05, 0) is 0 Å². The summed E-state index contributed by atoms with van der Waals surface area (Å²) in [5.41, 5.74) is 1.51. The van der Waals surface area contributed by atoms with Crippen molar-refractivity contribution in [3.63, 3.8) is 0 Å². The molecule has 1 aliphatic heterocycles. The van der Waals surface area contributed by atoms with Gasteiger partial charge in [-0.3, -0.25) is 0 Å². The number of hydrogen-bond acceptors (Lipinski definition) is 4. The zero-order valence-electron chi connectivity index (χ0n) is 6.11. The minimum Gasteiger partial charge on any atom is -0.454 e. The third-order valence-electron chi connectivity index (χ3n) is 1.83. The Kier molecular flexibility index (Phi) is 0.935. The predicted molar refractivity (Wildman–Crippen MR) is 40.1 cm³/mol. The van der Waals surface area contributed by atoms with Crippen LogP contribution in [0.4, 0.5) is 0 Å². The van der Waals surface area contributed by atoms with Crippen molar-refractivity contribution in [2.45, 2.75) is 0 Å². The highest BCUT2D eigenvalue weighted by molar-refractivity contribution is 5.77. The second-order valence-corrected chi connectivity index (χ2v) is 2.53. The van der Waals surface area contributed by atoms with Gasteiger partial charge in [-0.1, -0.05) is 0 Å². The summed E-state index contributed by atoms with van der Waals surface area (Å²) in [6, 6.07) is 3.59. The van der Waals surface area contributed by atoms with Crippen LogP contribution in [0.1, 0.15) is 0 Å². The minimum atomic E-state index is 0.280. The van der Waals surface area contributed by atoms with Crippen molar-refractivity contribution in [2.24, 2.45) is 0 Å². The van der Waals surface area contributed by atoms with Crippen LogP contribution in [0.3, 0.4) is 0 Å². The Balaban J connectivity index is 2.38. The SMILES string of the molecule is c1nc2cc3c(cc2o1)OCO3. The van der Waals surface area contributed by atoms with Crippen LogP contribution in [-0.2, 0) is 0 Å². The number of fused-ring (bicyclic) bond motifs is 2. The number of benzene rings is 1. The Morgan fingerprint density at radius 2 is 2.00 bits per heavy atom. The Labute approximate surface area is 67.7 Å². The smallest absolute Gasteiger partial charge is 0.231 e. The Morgan fingerprint density at radius 1 is 1.17 bits per heavy atom. The number of rotatable bonds is 0. The maximum absolute atomic E-state index is 5.17. The lowest BCUT2D eigenvalue weighted by molar-refractivity contribution is 0.174. The summed E-state index contributed by atoms with van der Waals surface area (Å²) in [5.74, 6) is 1.45. The number of hydrogen-bond donors (Lipinski definition) is 0. The molecule has 0 N–H and O–H groups in total. The molecule has 0 spiro atoms. The monoisotopic (exact) mass is 163 g/mol. The van der Waals surface area contributed by atoms with Crippen molar-refractivity contribution >= 4 is 11.1 Å². The van der Waals surface area contributed by atoms with Gasteiger partial charge in [-0.2, -0.15) is 0 Å². The second-order valence-electron chi connectivity index (χ2n) is 2.53. The van der Waals surface area contributed by atoms with Gasteiger partial charge in [-0.25, -0.2) is 4.98 Å². The lowest BCUT2D eigenvalue weighted by Gasteiger charge is -1.92. The summed E-state index contributed by atoms with van der Waals surface area (Å²) in [6.07, 6.45) is 1.40. The van der Waals surface area contributed by atoms with Crippen molar-refractivity contribution in [2.75, 3.05) is 6.79 Å². The van der Waals surface area contributed by atoms with E-state index in [9.17, 15) is 0 Å². The number of nitrogens with zero attached hydrogens (tertiary/aromatic N) is 1. The molecule has 0 unspecified atom stereocenters. The molecule has 0 atom stereocenters. The van der Waals surface area contributed by atoms with Gasteiger partial charge < -0.3 is 13.9 Å². The van der Waals surface area contributed by atoms with E-state index in [4.69, 9.17) is 13.9 Å². The molecule has 0 bridgehead atoms. The Hall–Kier alpha value is -1.71. The molecule has 3 rings (SSSR count). The van der Waals surface area contributed by atoms with E-state index in [1.165, 1.54) is 6.39 Å². The summed E-state index contributed by atoms with van der Waals surface area (Å²) in [7, 11) is 0. The molecule has 0 fully saturated rings. The molecular weight excluding hydrogens is 158 g/mol. The van der Waals surface area contributed by atoms with Gasteiger partial charge in [0.05, 0.1) is 0 Å². The molecule has 0 amide bonds. The van der Waals surface area contributed by atoms with Crippen LogP contribution in [0.25, 0.3) is 11.1 Å². The molecule has 12 heavy (non-hydrogen) atoms. The van der Waals surface area contributed by atoms with Gasteiger partial charge in [-0.15, -0.1) is 0 Å². The van der Waals surface area contributed by atoms with Crippen molar-refractivity contribution in [1.82, 2.24) is 4.98 Å². The highest BCUT2D eigenvalue weighted by atomic mass is 16.7. The summed E-state index contributed by atoms with van der Waals surface area (Å²) in [6.45, 7) is 0.280. The quantitative estimate of drug-likeness (QED) is 0.591. The van der Waals surface area contributed by atoms with Crippen LogP contribution in [0, 0.1) is 0 Å². The van der Waals surface area contributed by atoms with Crippen LogP contribution >= 0.6 is 0 Å². The average Bonchev–Trinajstić information content (AvgIpc) is 2.64. The summed E-state index contributed by atoms with van der Waals surface area (Å²) < 4.78 is 15.4. The van der Waals surface area contributed by atoms with Crippen LogP contribution in [0.5, 0.6) is 11.5 Å². The average molecular weight is 163 g/mol. The van der Waals surface area contributed by atoms with Gasteiger partial charge in [0.25, 0.3) is 0 Å². The lowest BCUT2D eigenvalue weighted by atomic mass is 10.3. The molecule has 2 aromatic rings. The normalized spacial score (nSPS) is 14.0. The van der Waals surface area contributed by atoms with E-state index in [1.54, 1.807) is 12.1 Å². The first-order valence-electron chi connectivity index (χ1n) is 3.56. The van der Waals surface area contributed by atoms with E-state index in [0.29, 0.717) is 0 Å². The number of ether oxygens (including phenoxy) is 2. The fraction of sp³-hybridized carbons (Fsp3) is 0.125. The maximum Gasteiger partial charge on any atom is 0.231 e. The maximum atomic E-state index is 5.17. The van der Waals surface area contributed by atoms with E-state index < -0.39 is 0 Å². The molecule has 0 saturated carbocycles. The van der Waals surface area contributed by atoms with Crippen LogP contribution in [0.2, 0.25) is 0 Å². The third kappa shape index (κ3) is 0.637. The van der Waals surface area contributed by atoms with E-state index in [-0.39, 0.29) is 6.79 Å². The van der Waals surface area contributed by atoms with Crippen LogP contribution in [-0.4, -0.2) is 11.8 Å². The summed E-state index contributed by atoms with van der Waals surface area (Å²) >= 11 is 0. The molecule has 1 aromatic carbocycles. The third-order valence-corrected chi connectivity index (χ3v) is 1.83. The van der Waals surface area contributed by atoms with Gasteiger partial charge in [0.2, 0.25) is 6.79 Å². The first kappa shape index (κ1) is 5.88. The largest absolute Gasteiger partial charge is 0.454 e. The molecular formula is C8H5NO3. The first-order valence-corrected chi connectivity index (χ1v) is 3.56. The second kappa shape index (κ2) is 1.91. The van der Waals surface area contributed by atoms with Crippen molar-refractivity contribution < 1.29 is 13.9 Å². The van der Waals surface area contributed by atoms with Crippen LogP contribution in [0.15, 0.2) is 22.9 Å². The van der Waals surface area contributed by atoms with Crippen LogP contribution < -0.4 is 9.47 Å². The van der Waals surface area contributed by atoms with E-state index in [2.05, 4.69) is 4.98 Å². The Bertz CT molecular complexity index is 397. The molecule has 1 aliphatic rings. The first-order chi connectivity index (χ1) is 5.93. The standard InChI is InChI=1S/C8H5NO3/c1-5-6(10-3-9-5)2-8-7(1)11-4-12-8/h1-3H,4H2. The van der Waals surface area contributed by atoms with Crippen molar-refractivity contribution in [1.29, 1.82) is 0 Å². The van der Waals surface area contributed by atoms with Crippen molar-refractivity contribution in [3.05, 3.63) is 18.5 Å². The summed E-state index contributed by atoms with van der Waals surface area (Å²) in [5, 5.41) is 0. The molecule has 0 radical (unpaired) electrons. The molecule has 4 heteroatoms. The number of oxazole rings is 1. The molecule has 60 valence electrons. The molecule has 0 aliphatic carbocycles. The molecule has 4 nitrogen and oxygen atoms in total. The van der Waals surface area contributed by atoms with E-state index in [1.807, 2.05) is 0 Å². The Morgan fingerprint density at radius 3 is 2.92 bits per heavy atom. The predicted octanol–water partition coefficient (Wildman–Crippen LogP) is 1.56. The van der Waals surface area contributed by atoms with Gasteiger partial charge >= 0.3 is 0 Å². The molecule has 0 saturated heterocycles. The van der Waals surface area contributed by atoms with Gasteiger partial charge in [0, 0.05) is 12.1 Å².